The molecule has 0 radical (unpaired) electrons. The van der Waals surface area contributed by atoms with Crippen molar-refractivity contribution >= 4 is 23.8 Å². The molecular formula is C26H30F4N4O6. The third kappa shape index (κ3) is 6.65. The SMILES string of the molecule is C[C@H](Cc1ccc2c(c1)OCCn1cc(N3C(=O)OCC[C@H]3C(F)F)nc1-2)C(N)=O.O=C1C[C@H](C(F)F)CCO1. The van der Waals surface area contributed by atoms with Crippen LogP contribution in [0.4, 0.5) is 28.2 Å². The summed E-state index contributed by atoms with van der Waals surface area (Å²) in [6.07, 6.45) is -3.67. The lowest BCUT2D eigenvalue weighted by molar-refractivity contribution is -0.152. The third-order valence-corrected chi connectivity index (χ3v) is 6.91. The molecule has 4 heterocycles. The monoisotopic (exact) mass is 570 g/mol. The molecule has 1 aromatic heterocycles. The Hall–Kier alpha value is -3.84. The number of carbonyl (C=O) groups excluding carboxylic acids is 3. The van der Waals surface area contributed by atoms with Crippen LogP contribution in [0.5, 0.6) is 5.75 Å². The van der Waals surface area contributed by atoms with Gasteiger partial charge in [0.1, 0.15) is 24.2 Å². The Morgan fingerprint density at radius 2 is 1.82 bits per heavy atom. The topological polar surface area (TPSA) is 126 Å². The lowest BCUT2D eigenvalue weighted by atomic mass is 9.99. The van der Waals surface area contributed by atoms with E-state index in [2.05, 4.69) is 9.72 Å². The van der Waals surface area contributed by atoms with E-state index in [1.165, 1.54) is 0 Å². The van der Waals surface area contributed by atoms with E-state index in [1.54, 1.807) is 17.7 Å². The van der Waals surface area contributed by atoms with E-state index in [9.17, 15) is 31.9 Å². The zero-order chi connectivity index (χ0) is 29.0. The second-order valence-electron chi connectivity index (χ2n) is 9.79. The van der Waals surface area contributed by atoms with E-state index >= 15 is 0 Å². The van der Waals surface area contributed by atoms with Crippen molar-refractivity contribution in [2.45, 2.75) is 58.0 Å². The number of primary amides is 1. The van der Waals surface area contributed by atoms with Crippen LogP contribution in [0.3, 0.4) is 0 Å². The van der Waals surface area contributed by atoms with Crippen LogP contribution in [0.15, 0.2) is 24.4 Å². The van der Waals surface area contributed by atoms with Crippen LogP contribution in [0.2, 0.25) is 0 Å². The number of benzene rings is 1. The molecule has 0 saturated carbocycles. The quantitative estimate of drug-likeness (QED) is 0.414. The van der Waals surface area contributed by atoms with Crippen LogP contribution in [-0.2, 0) is 32.0 Å². The van der Waals surface area contributed by atoms with Gasteiger partial charge >= 0.3 is 12.1 Å². The summed E-state index contributed by atoms with van der Waals surface area (Å²) in [4.78, 5) is 39.4. The first-order valence-electron chi connectivity index (χ1n) is 12.9. The number of fused-ring (bicyclic) bond motifs is 3. The minimum absolute atomic E-state index is 0.0344. The van der Waals surface area contributed by atoms with Gasteiger partial charge in [0.15, 0.2) is 5.82 Å². The number of nitrogens with zero attached hydrogens (tertiary/aromatic N) is 3. The highest BCUT2D eigenvalue weighted by molar-refractivity contribution is 5.88. The van der Waals surface area contributed by atoms with Crippen LogP contribution in [0.1, 0.15) is 31.7 Å². The van der Waals surface area contributed by atoms with E-state index in [1.807, 2.05) is 18.2 Å². The fourth-order valence-electron chi connectivity index (χ4n) is 4.63. The zero-order valence-corrected chi connectivity index (χ0v) is 21.7. The normalized spacial score (nSPS) is 21.2. The van der Waals surface area contributed by atoms with Crippen LogP contribution >= 0.6 is 0 Å². The van der Waals surface area contributed by atoms with Gasteiger partial charge in [0.2, 0.25) is 12.3 Å². The van der Waals surface area contributed by atoms with E-state index in [0.717, 1.165) is 10.5 Å². The largest absolute Gasteiger partial charge is 0.491 e. The number of alkyl halides is 4. The van der Waals surface area contributed by atoms with Crippen molar-refractivity contribution in [3.8, 4) is 17.1 Å². The molecule has 10 nitrogen and oxygen atoms in total. The van der Waals surface area contributed by atoms with Gasteiger partial charge in [0.05, 0.1) is 31.7 Å². The highest BCUT2D eigenvalue weighted by Crippen LogP contribution is 2.36. The van der Waals surface area contributed by atoms with Crippen molar-refractivity contribution in [2.24, 2.45) is 17.6 Å². The first kappa shape index (κ1) is 29.2. The molecule has 0 unspecified atom stereocenters. The fourth-order valence-corrected chi connectivity index (χ4v) is 4.63. The van der Waals surface area contributed by atoms with E-state index < -0.39 is 36.9 Å². The minimum atomic E-state index is -2.70. The molecule has 0 bridgehead atoms. The minimum Gasteiger partial charge on any atom is -0.491 e. The number of carbonyl (C=O) groups is 3. The maximum atomic E-state index is 13.5. The Morgan fingerprint density at radius 3 is 2.48 bits per heavy atom. The number of cyclic esters (lactones) is 2. The predicted molar refractivity (Wildman–Crippen MR) is 133 cm³/mol. The maximum Gasteiger partial charge on any atom is 0.415 e. The number of nitrogens with two attached hydrogens (primary N) is 1. The second kappa shape index (κ2) is 12.6. The van der Waals surface area contributed by atoms with Crippen LogP contribution in [0, 0.1) is 11.8 Å². The summed E-state index contributed by atoms with van der Waals surface area (Å²) in [5, 5.41) is 0. The summed E-state index contributed by atoms with van der Waals surface area (Å²) >= 11 is 0. The average Bonchev–Trinajstić information content (AvgIpc) is 3.24. The number of halogens is 4. The molecule has 2 aromatic rings. The van der Waals surface area contributed by atoms with E-state index in [4.69, 9.17) is 15.2 Å². The molecule has 2 N–H and O–H groups in total. The smallest absolute Gasteiger partial charge is 0.415 e. The first-order valence-corrected chi connectivity index (χ1v) is 12.9. The van der Waals surface area contributed by atoms with Crippen molar-refractivity contribution in [1.82, 2.24) is 9.55 Å². The van der Waals surface area contributed by atoms with E-state index in [0.29, 0.717) is 43.1 Å². The Bertz CT molecular complexity index is 1240. The zero-order valence-electron chi connectivity index (χ0n) is 21.7. The summed E-state index contributed by atoms with van der Waals surface area (Å²) in [5.74, 6) is -0.769. The molecule has 3 aliphatic heterocycles. The van der Waals surface area contributed by atoms with Gasteiger partial charge in [-0.25, -0.2) is 27.3 Å². The fraction of sp³-hybridized carbons (Fsp3) is 0.538. The lowest BCUT2D eigenvalue weighted by Crippen LogP contribution is -2.49. The molecule has 2 fully saturated rings. The second-order valence-corrected chi connectivity index (χ2v) is 9.79. The maximum absolute atomic E-state index is 13.5. The van der Waals surface area contributed by atoms with Crippen LogP contribution in [0.25, 0.3) is 11.4 Å². The van der Waals surface area contributed by atoms with Crippen molar-refractivity contribution in [2.75, 3.05) is 24.7 Å². The predicted octanol–water partition coefficient (Wildman–Crippen LogP) is 3.79. The molecule has 40 heavy (non-hydrogen) atoms. The van der Waals surface area contributed by atoms with Crippen LogP contribution in [-0.4, -0.2) is 66.2 Å². The van der Waals surface area contributed by atoms with Gasteiger partial charge in [-0.05, 0) is 30.5 Å². The van der Waals surface area contributed by atoms with Crippen molar-refractivity contribution in [3.63, 3.8) is 0 Å². The number of esters is 1. The number of amides is 2. The van der Waals surface area contributed by atoms with Crippen molar-refractivity contribution in [3.05, 3.63) is 30.0 Å². The summed E-state index contributed by atoms with van der Waals surface area (Å²) in [6.45, 7) is 2.64. The highest BCUT2D eigenvalue weighted by atomic mass is 19.3. The molecule has 3 atom stereocenters. The van der Waals surface area contributed by atoms with Gasteiger partial charge in [-0.2, -0.15) is 0 Å². The molecular weight excluding hydrogens is 540 g/mol. The molecule has 0 spiro atoms. The average molecular weight is 571 g/mol. The molecule has 2 amide bonds. The van der Waals surface area contributed by atoms with Gasteiger partial charge in [0.25, 0.3) is 6.43 Å². The molecule has 2 saturated heterocycles. The van der Waals surface area contributed by atoms with Gasteiger partial charge < -0.3 is 24.5 Å². The Kier molecular flexibility index (Phi) is 9.15. The number of imidazole rings is 1. The van der Waals surface area contributed by atoms with Gasteiger partial charge in [-0.15, -0.1) is 0 Å². The lowest BCUT2D eigenvalue weighted by Gasteiger charge is -2.32. The molecule has 14 heteroatoms. The molecule has 5 rings (SSSR count). The number of aromatic nitrogens is 2. The van der Waals surface area contributed by atoms with Gasteiger partial charge in [-0.1, -0.05) is 13.0 Å². The Labute approximate surface area is 227 Å². The molecule has 0 aliphatic carbocycles. The number of anilines is 1. The first-order chi connectivity index (χ1) is 19.0. The number of hydrogen-bond acceptors (Lipinski definition) is 7. The molecule has 3 aliphatic rings. The third-order valence-electron chi connectivity index (χ3n) is 6.91. The van der Waals surface area contributed by atoms with E-state index in [-0.39, 0.29) is 43.7 Å². The standard InChI is InChI=1S/C20H22F2N4O4.C6H8F2O2/c1-11(18(23)27)8-12-2-3-13-15(9-12)29-7-5-25-10-16(24-19(13)25)26-14(17(21)22)4-6-30-20(26)28;7-6(8)4-1-2-10-5(9)3-4/h2-3,9-11,14,17H,4-8H2,1H3,(H2,23,27);4,6H,1-3H2/t11-,14+;4-/m11/s1. The molecule has 218 valence electrons. The summed E-state index contributed by atoms with van der Waals surface area (Å²) in [6, 6.07) is 4.21. The summed E-state index contributed by atoms with van der Waals surface area (Å²) in [5.41, 5.74) is 6.91. The van der Waals surface area contributed by atoms with Crippen molar-refractivity contribution < 1.29 is 46.2 Å². The highest BCUT2D eigenvalue weighted by Gasteiger charge is 2.39. The number of rotatable bonds is 6. The summed E-state index contributed by atoms with van der Waals surface area (Å²) < 4.78 is 67.8. The van der Waals surface area contributed by atoms with Gasteiger partial charge in [0, 0.05) is 24.5 Å². The Morgan fingerprint density at radius 1 is 1.07 bits per heavy atom. The molecule has 1 aromatic carbocycles. The number of ether oxygens (including phenoxy) is 3. The van der Waals surface area contributed by atoms with Gasteiger partial charge in [-0.3, -0.25) is 14.5 Å². The Balaban J connectivity index is 0.000000312. The van der Waals surface area contributed by atoms with Crippen LogP contribution < -0.4 is 15.4 Å². The summed E-state index contributed by atoms with van der Waals surface area (Å²) in [7, 11) is 0. The van der Waals surface area contributed by atoms with Crippen molar-refractivity contribution in [1.29, 1.82) is 0 Å². The number of hydrogen-bond donors (Lipinski definition) is 1.